The van der Waals surface area contributed by atoms with Gasteiger partial charge in [-0.15, -0.1) is 10.2 Å². The van der Waals surface area contributed by atoms with Crippen LogP contribution in [0, 0.1) is 17.8 Å². The third-order valence-corrected chi connectivity index (χ3v) is 10.4. The number of ether oxygens (including phenoxy) is 1. The number of aromatic nitrogens is 4. The predicted molar refractivity (Wildman–Crippen MR) is 179 cm³/mol. The molecule has 2 amide bonds. The number of fused-ring (bicyclic) bond motifs is 1. The van der Waals surface area contributed by atoms with E-state index in [0.29, 0.717) is 69.7 Å². The lowest BCUT2D eigenvalue weighted by Gasteiger charge is -2.42. The van der Waals surface area contributed by atoms with Crippen LogP contribution in [0.5, 0.6) is 0 Å². The van der Waals surface area contributed by atoms with Crippen molar-refractivity contribution in [3.8, 4) is 11.8 Å². The number of anilines is 2. The summed E-state index contributed by atoms with van der Waals surface area (Å²) in [5.74, 6) is 6.59. The summed E-state index contributed by atoms with van der Waals surface area (Å²) in [6.45, 7) is 8.12. The van der Waals surface area contributed by atoms with Crippen LogP contribution in [0.2, 0.25) is 0 Å². The number of hydrogen-bond acceptors (Lipinski definition) is 8. The Balaban J connectivity index is 1.25. The van der Waals surface area contributed by atoms with Gasteiger partial charge in [0.15, 0.2) is 0 Å². The van der Waals surface area contributed by atoms with Gasteiger partial charge in [0.1, 0.15) is 23.8 Å². The van der Waals surface area contributed by atoms with Crippen LogP contribution in [0.15, 0.2) is 30.6 Å². The summed E-state index contributed by atoms with van der Waals surface area (Å²) >= 11 is 0. The van der Waals surface area contributed by atoms with Crippen LogP contribution in [-0.4, -0.2) is 93.8 Å². The van der Waals surface area contributed by atoms with Gasteiger partial charge in [0.25, 0.3) is 11.8 Å². The lowest BCUT2D eigenvalue weighted by Crippen LogP contribution is -2.50. The normalized spacial score (nSPS) is 20.7. The SMILES string of the molecule is CC#CC(=O)N1CCN(c2cc(C3(Cc4nncn4C)COC3)cc(N3Cc4c(cc(CN5CCC[C@H](C)C5)cc4C(F)(F)F)C3=O)n2)CC1. The molecule has 1 atom stereocenters. The lowest BCUT2D eigenvalue weighted by atomic mass is 9.75. The van der Waals surface area contributed by atoms with E-state index in [1.807, 2.05) is 28.6 Å². The van der Waals surface area contributed by atoms with Crippen molar-refractivity contribution in [1.29, 1.82) is 0 Å². The molecule has 1 aromatic carbocycles. The molecule has 0 saturated carbocycles. The molecule has 0 spiro atoms. The molecule has 50 heavy (non-hydrogen) atoms. The molecule has 11 nitrogen and oxygen atoms in total. The number of nitrogens with zero attached hydrogens (tertiary/aromatic N) is 8. The lowest BCUT2D eigenvalue weighted by molar-refractivity contribution is -0.138. The Labute approximate surface area is 289 Å². The Hall–Kier alpha value is -4.48. The number of hydrogen-bond donors (Lipinski definition) is 0. The average molecular weight is 691 g/mol. The fraction of sp³-hybridized carbons (Fsp3) is 0.528. The van der Waals surface area contributed by atoms with Gasteiger partial charge in [0, 0.05) is 63.7 Å². The molecule has 3 aromatic rings. The third-order valence-electron chi connectivity index (χ3n) is 10.4. The molecule has 14 heteroatoms. The van der Waals surface area contributed by atoms with Gasteiger partial charge >= 0.3 is 6.18 Å². The second-order valence-electron chi connectivity index (χ2n) is 14.1. The number of carbonyl (C=O) groups is 2. The van der Waals surface area contributed by atoms with E-state index < -0.39 is 23.1 Å². The molecular weight excluding hydrogens is 649 g/mol. The topological polar surface area (TPSA) is 99.9 Å². The van der Waals surface area contributed by atoms with E-state index in [2.05, 4.69) is 33.9 Å². The van der Waals surface area contributed by atoms with Gasteiger partial charge in [-0.1, -0.05) is 12.8 Å². The second kappa shape index (κ2) is 13.3. The summed E-state index contributed by atoms with van der Waals surface area (Å²) in [5, 5.41) is 8.33. The highest BCUT2D eigenvalue weighted by Gasteiger charge is 2.45. The quantitative estimate of drug-likeness (QED) is 0.346. The van der Waals surface area contributed by atoms with Crippen molar-refractivity contribution in [2.75, 3.05) is 62.3 Å². The second-order valence-corrected chi connectivity index (χ2v) is 14.1. The van der Waals surface area contributed by atoms with Gasteiger partial charge in [0.2, 0.25) is 0 Å². The first-order valence-corrected chi connectivity index (χ1v) is 17.1. The fourth-order valence-corrected chi connectivity index (χ4v) is 7.61. The molecule has 0 unspecified atom stereocenters. The number of pyridine rings is 1. The van der Waals surface area contributed by atoms with Crippen molar-refractivity contribution >= 4 is 23.5 Å². The van der Waals surface area contributed by atoms with Gasteiger partial charge in [-0.25, -0.2) is 4.98 Å². The molecule has 3 saturated heterocycles. The zero-order valence-electron chi connectivity index (χ0n) is 28.6. The van der Waals surface area contributed by atoms with Crippen LogP contribution < -0.4 is 9.80 Å². The molecule has 0 bridgehead atoms. The Morgan fingerprint density at radius 1 is 1.08 bits per heavy atom. The van der Waals surface area contributed by atoms with Gasteiger partial charge in [-0.3, -0.25) is 19.4 Å². The van der Waals surface area contributed by atoms with Crippen LogP contribution in [0.3, 0.4) is 0 Å². The van der Waals surface area contributed by atoms with E-state index in [0.717, 1.165) is 37.3 Å². The Bertz CT molecular complexity index is 1850. The van der Waals surface area contributed by atoms with Crippen LogP contribution in [0.4, 0.5) is 24.8 Å². The van der Waals surface area contributed by atoms with Gasteiger partial charge in [0.05, 0.1) is 25.3 Å². The number of alkyl halides is 3. The molecule has 2 aromatic heterocycles. The first-order chi connectivity index (χ1) is 23.9. The number of piperazine rings is 1. The number of rotatable bonds is 7. The fourth-order valence-electron chi connectivity index (χ4n) is 7.61. The van der Waals surface area contributed by atoms with E-state index >= 15 is 0 Å². The molecule has 3 fully saturated rings. The number of aryl methyl sites for hydroxylation is 1. The van der Waals surface area contributed by atoms with Crippen molar-refractivity contribution < 1.29 is 27.5 Å². The van der Waals surface area contributed by atoms with Crippen molar-refractivity contribution in [3.05, 3.63) is 64.2 Å². The molecular formula is C36H41F3N8O3. The summed E-state index contributed by atoms with van der Waals surface area (Å²) < 4.78 is 51.5. The third kappa shape index (κ3) is 6.56. The zero-order valence-corrected chi connectivity index (χ0v) is 28.6. The highest BCUT2D eigenvalue weighted by atomic mass is 19.4. The van der Waals surface area contributed by atoms with Crippen LogP contribution in [-0.2, 0) is 47.7 Å². The minimum atomic E-state index is -4.63. The molecule has 0 radical (unpaired) electrons. The maximum atomic E-state index is 14.6. The molecule has 0 N–H and O–H groups in total. The molecule has 7 rings (SSSR count). The van der Waals surface area contributed by atoms with Crippen molar-refractivity contribution in [1.82, 2.24) is 29.5 Å². The molecule has 4 aliphatic rings. The predicted octanol–water partition coefficient (Wildman–Crippen LogP) is 3.80. The Morgan fingerprint density at radius 3 is 2.48 bits per heavy atom. The maximum Gasteiger partial charge on any atom is 0.416 e. The number of benzene rings is 1. The Kier molecular flexibility index (Phi) is 9.07. The molecule has 4 aliphatic heterocycles. The van der Waals surface area contributed by atoms with E-state index in [1.165, 1.54) is 11.0 Å². The van der Waals surface area contributed by atoms with Gasteiger partial charge in [-0.05, 0) is 79.1 Å². The molecule has 264 valence electrons. The van der Waals surface area contributed by atoms with E-state index in [4.69, 9.17) is 9.72 Å². The standard InChI is InChI=1S/C36H41F3N8O3/c1-4-6-33(48)46-11-9-45(10-12-46)30-15-26(35(21-50-22-35)17-32-42-40-23-43(32)3)16-31(41-30)47-20-28-27(34(47)49)13-25(14-29(28)36(37,38)39)19-44-8-5-7-24(2)18-44/h13-16,23-24H,5,7-12,17-22H2,1-3H3/t24-/m0/s1. The number of likely N-dealkylation sites (tertiary alicyclic amines) is 1. The first-order valence-electron chi connectivity index (χ1n) is 17.1. The summed E-state index contributed by atoms with van der Waals surface area (Å²) in [6.07, 6.45) is -0.391. The van der Waals surface area contributed by atoms with Crippen LogP contribution in [0.25, 0.3) is 0 Å². The minimum absolute atomic E-state index is 0.0306. The largest absolute Gasteiger partial charge is 0.416 e. The summed E-state index contributed by atoms with van der Waals surface area (Å²) in [4.78, 5) is 38.8. The number of carbonyl (C=O) groups excluding carboxylic acids is 2. The smallest absolute Gasteiger partial charge is 0.379 e. The van der Waals surface area contributed by atoms with E-state index in [1.54, 1.807) is 24.2 Å². The van der Waals surface area contributed by atoms with Gasteiger partial charge < -0.3 is 19.1 Å². The van der Waals surface area contributed by atoms with Crippen molar-refractivity contribution in [3.63, 3.8) is 0 Å². The van der Waals surface area contributed by atoms with Crippen LogP contribution in [0.1, 0.15) is 65.1 Å². The Morgan fingerprint density at radius 2 is 1.84 bits per heavy atom. The summed E-state index contributed by atoms with van der Waals surface area (Å²) in [7, 11) is 1.87. The highest BCUT2D eigenvalue weighted by molar-refractivity contribution is 6.10. The maximum absolute atomic E-state index is 14.6. The van der Waals surface area contributed by atoms with Crippen LogP contribution >= 0.6 is 0 Å². The van der Waals surface area contributed by atoms with E-state index in [9.17, 15) is 22.8 Å². The van der Waals surface area contributed by atoms with Crippen molar-refractivity contribution in [2.45, 2.75) is 57.8 Å². The summed E-state index contributed by atoms with van der Waals surface area (Å²) in [6, 6.07) is 6.64. The van der Waals surface area contributed by atoms with Crippen molar-refractivity contribution in [2.24, 2.45) is 13.0 Å². The number of piperidine rings is 1. The summed E-state index contributed by atoms with van der Waals surface area (Å²) in [5.41, 5.74) is 0.0895. The first kappa shape index (κ1) is 34.0. The van der Waals surface area contributed by atoms with E-state index in [-0.39, 0.29) is 29.4 Å². The average Bonchev–Trinajstić information content (AvgIpc) is 3.63. The molecule has 0 aliphatic carbocycles. The van der Waals surface area contributed by atoms with Gasteiger partial charge in [-0.2, -0.15) is 13.2 Å². The number of amides is 2. The zero-order chi connectivity index (χ0) is 35.2. The minimum Gasteiger partial charge on any atom is -0.379 e. The molecule has 6 heterocycles. The highest BCUT2D eigenvalue weighted by Crippen LogP contribution is 2.42. The number of halogens is 3. The monoisotopic (exact) mass is 690 g/mol.